The fraction of sp³-hybridized carbons (Fsp3) is 0.391. The molecule has 5 nitrogen and oxygen atoms in total. The SMILES string of the molecule is C[C@H](N=C(Nc1cc(C(F)(F)F)cc(C(F)(F)F)c1)C(C#N)S(=O)(=O)c1ccc(Cl)cc1)C(C)(C)C. The Morgan fingerprint density at radius 2 is 1.44 bits per heavy atom. The maximum absolute atomic E-state index is 13.3. The number of hydrogen-bond donors (Lipinski definition) is 1. The highest BCUT2D eigenvalue weighted by atomic mass is 35.5. The van der Waals surface area contributed by atoms with Crippen LogP contribution in [0, 0.1) is 16.7 Å². The van der Waals surface area contributed by atoms with Gasteiger partial charge in [-0.25, -0.2) is 8.42 Å². The molecule has 0 spiro atoms. The van der Waals surface area contributed by atoms with E-state index in [0.29, 0.717) is 12.1 Å². The first-order valence-electron chi connectivity index (χ1n) is 10.3. The highest BCUT2D eigenvalue weighted by Crippen LogP contribution is 2.38. The van der Waals surface area contributed by atoms with Crippen LogP contribution in [0.5, 0.6) is 0 Å². The number of aliphatic imine (C=N–C) groups is 1. The molecule has 0 fully saturated rings. The van der Waals surface area contributed by atoms with Crippen molar-refractivity contribution in [2.45, 2.75) is 56.2 Å². The summed E-state index contributed by atoms with van der Waals surface area (Å²) in [5, 5.41) is 10.2. The first kappa shape index (κ1) is 29.5. The normalized spacial score (nSPS) is 15.2. The minimum Gasteiger partial charge on any atom is -0.342 e. The number of nitriles is 1. The van der Waals surface area contributed by atoms with Gasteiger partial charge in [-0.05, 0) is 54.8 Å². The fourth-order valence-electron chi connectivity index (χ4n) is 2.78. The van der Waals surface area contributed by atoms with Gasteiger partial charge in [0.25, 0.3) is 0 Å². The van der Waals surface area contributed by atoms with E-state index in [2.05, 4.69) is 10.3 Å². The third kappa shape index (κ3) is 7.13. The second-order valence-corrected chi connectivity index (χ2v) is 11.5. The highest BCUT2D eigenvalue weighted by molar-refractivity contribution is 7.93. The molecule has 13 heteroatoms. The predicted molar refractivity (Wildman–Crippen MR) is 124 cm³/mol. The average Bonchev–Trinajstić information content (AvgIpc) is 2.72. The minimum absolute atomic E-state index is 0.0635. The zero-order valence-electron chi connectivity index (χ0n) is 19.5. The first-order valence-corrected chi connectivity index (χ1v) is 12.2. The second kappa shape index (κ2) is 10.3. The number of nitrogens with zero attached hydrogens (tertiary/aromatic N) is 2. The number of rotatable bonds is 5. The van der Waals surface area contributed by atoms with Crippen molar-refractivity contribution in [3.05, 3.63) is 58.6 Å². The summed E-state index contributed by atoms with van der Waals surface area (Å²) in [5.74, 6) is -0.623. The van der Waals surface area contributed by atoms with Crippen molar-refractivity contribution in [3.8, 4) is 6.07 Å². The van der Waals surface area contributed by atoms with Crippen molar-refractivity contribution in [2.75, 3.05) is 5.32 Å². The fourth-order valence-corrected chi connectivity index (χ4v) is 4.25. The molecule has 2 aromatic rings. The molecule has 0 radical (unpaired) electrons. The molecule has 0 aromatic heterocycles. The Labute approximate surface area is 209 Å². The van der Waals surface area contributed by atoms with Crippen LogP contribution in [-0.4, -0.2) is 25.5 Å². The maximum Gasteiger partial charge on any atom is 0.416 e. The summed E-state index contributed by atoms with van der Waals surface area (Å²) in [6, 6.07) is 6.34. The summed E-state index contributed by atoms with van der Waals surface area (Å²) < 4.78 is 106. The summed E-state index contributed by atoms with van der Waals surface area (Å²) in [6.45, 7) is 6.78. The van der Waals surface area contributed by atoms with Crippen molar-refractivity contribution >= 4 is 33.0 Å². The van der Waals surface area contributed by atoms with Crippen LogP contribution >= 0.6 is 11.6 Å². The molecule has 0 aliphatic rings. The van der Waals surface area contributed by atoms with Gasteiger partial charge in [0.05, 0.1) is 28.1 Å². The Bertz CT molecular complexity index is 1240. The van der Waals surface area contributed by atoms with Gasteiger partial charge in [0.2, 0.25) is 15.1 Å². The molecule has 196 valence electrons. The van der Waals surface area contributed by atoms with Crippen LogP contribution in [-0.2, 0) is 22.2 Å². The number of sulfone groups is 1. The number of benzene rings is 2. The van der Waals surface area contributed by atoms with Gasteiger partial charge in [-0.3, -0.25) is 4.99 Å². The van der Waals surface area contributed by atoms with E-state index in [1.165, 1.54) is 12.1 Å². The van der Waals surface area contributed by atoms with Crippen LogP contribution in [0.15, 0.2) is 52.4 Å². The summed E-state index contributed by atoms with van der Waals surface area (Å²) >= 11 is 5.79. The molecule has 0 aliphatic carbocycles. The quantitative estimate of drug-likeness (QED) is 0.246. The van der Waals surface area contributed by atoms with E-state index >= 15 is 0 Å². The molecule has 1 unspecified atom stereocenters. The average molecular weight is 554 g/mol. The lowest BCUT2D eigenvalue weighted by Gasteiger charge is -2.26. The van der Waals surface area contributed by atoms with Gasteiger partial charge in [-0.1, -0.05) is 32.4 Å². The van der Waals surface area contributed by atoms with Crippen LogP contribution in [0.1, 0.15) is 38.8 Å². The Kier molecular flexibility index (Phi) is 8.43. The molecule has 0 aliphatic heterocycles. The van der Waals surface area contributed by atoms with E-state index in [1.807, 2.05) is 0 Å². The van der Waals surface area contributed by atoms with Crippen LogP contribution < -0.4 is 5.32 Å². The monoisotopic (exact) mass is 553 g/mol. The molecule has 0 saturated carbocycles. The van der Waals surface area contributed by atoms with E-state index in [4.69, 9.17) is 11.6 Å². The molecule has 1 N–H and O–H groups in total. The van der Waals surface area contributed by atoms with Crippen LogP contribution in [0.3, 0.4) is 0 Å². The zero-order valence-corrected chi connectivity index (χ0v) is 21.0. The van der Waals surface area contributed by atoms with Gasteiger partial charge >= 0.3 is 12.4 Å². The number of anilines is 1. The minimum atomic E-state index is -5.13. The molecular formula is C23H22ClF6N3O2S. The first-order chi connectivity index (χ1) is 16.3. The van der Waals surface area contributed by atoms with Crippen molar-refractivity contribution in [1.82, 2.24) is 0 Å². The van der Waals surface area contributed by atoms with Crippen molar-refractivity contribution in [1.29, 1.82) is 5.26 Å². The molecule has 0 heterocycles. The number of alkyl halides is 6. The highest BCUT2D eigenvalue weighted by Gasteiger charge is 2.38. The molecule has 0 saturated heterocycles. The zero-order chi connectivity index (χ0) is 27.7. The second-order valence-electron chi connectivity index (χ2n) is 8.98. The maximum atomic E-state index is 13.3. The summed E-state index contributed by atoms with van der Waals surface area (Å²) in [4.78, 5) is 3.89. The third-order valence-electron chi connectivity index (χ3n) is 5.26. The number of amidine groups is 1. The van der Waals surface area contributed by atoms with Gasteiger partial charge in [0.15, 0.2) is 0 Å². The smallest absolute Gasteiger partial charge is 0.342 e. The van der Waals surface area contributed by atoms with Gasteiger partial charge in [-0.15, -0.1) is 0 Å². The predicted octanol–water partition coefficient (Wildman–Crippen LogP) is 6.99. The lowest BCUT2D eigenvalue weighted by molar-refractivity contribution is -0.143. The van der Waals surface area contributed by atoms with E-state index in [1.54, 1.807) is 33.8 Å². The van der Waals surface area contributed by atoms with Crippen LogP contribution in [0.2, 0.25) is 5.02 Å². The molecule has 0 bridgehead atoms. The topological polar surface area (TPSA) is 82.3 Å². The lowest BCUT2D eigenvalue weighted by Crippen LogP contribution is -2.37. The molecule has 0 amide bonds. The Balaban J connectivity index is 2.73. The van der Waals surface area contributed by atoms with E-state index in [9.17, 15) is 40.0 Å². The largest absolute Gasteiger partial charge is 0.416 e. The molecule has 2 atom stereocenters. The van der Waals surface area contributed by atoms with Crippen molar-refractivity contribution in [2.24, 2.45) is 10.4 Å². The molecule has 2 aromatic carbocycles. The summed E-state index contributed by atoms with van der Waals surface area (Å²) in [5.41, 5.74) is -4.56. The molecule has 2 rings (SSSR count). The van der Waals surface area contributed by atoms with Gasteiger partial charge in [0.1, 0.15) is 5.84 Å². The Morgan fingerprint density at radius 3 is 1.83 bits per heavy atom. The number of hydrogen-bond acceptors (Lipinski definition) is 4. The van der Waals surface area contributed by atoms with Gasteiger partial charge in [-0.2, -0.15) is 31.6 Å². The van der Waals surface area contributed by atoms with E-state index < -0.39 is 61.5 Å². The van der Waals surface area contributed by atoms with Crippen LogP contribution in [0.4, 0.5) is 32.0 Å². The Hall–Kier alpha value is -2.78. The third-order valence-corrected chi connectivity index (χ3v) is 7.39. The van der Waals surface area contributed by atoms with E-state index in [-0.39, 0.29) is 16.0 Å². The number of halogens is 7. The van der Waals surface area contributed by atoms with E-state index in [0.717, 1.165) is 12.1 Å². The van der Waals surface area contributed by atoms with Crippen LogP contribution in [0.25, 0.3) is 0 Å². The number of nitrogens with one attached hydrogen (secondary N) is 1. The molecule has 36 heavy (non-hydrogen) atoms. The molecular weight excluding hydrogens is 532 g/mol. The van der Waals surface area contributed by atoms with Gasteiger partial charge in [0, 0.05) is 10.7 Å². The Morgan fingerprint density at radius 1 is 0.972 bits per heavy atom. The summed E-state index contributed by atoms with van der Waals surface area (Å²) in [6.07, 6.45) is -10.3. The van der Waals surface area contributed by atoms with Gasteiger partial charge < -0.3 is 5.32 Å². The standard InChI is InChI=1S/C23H22ClF6N3O2S/c1-13(21(2,3)4)32-20(19(12-31)36(34,35)18-7-5-16(24)6-8-18)33-17-10-14(22(25,26)27)9-15(11-17)23(28,29)30/h5-11,13,19H,1-4H3,(H,32,33)/t13-,19?/m0/s1. The van der Waals surface area contributed by atoms with Crippen molar-refractivity contribution in [3.63, 3.8) is 0 Å². The summed E-state index contributed by atoms with van der Waals surface area (Å²) in [7, 11) is -4.51. The van der Waals surface area contributed by atoms with Crippen molar-refractivity contribution < 1.29 is 34.8 Å². The lowest BCUT2D eigenvalue weighted by atomic mass is 9.88.